The van der Waals surface area contributed by atoms with E-state index in [1.165, 1.54) is 41.3 Å². The number of hydrogen-bond acceptors (Lipinski definition) is 11. The molecule has 4 aromatic rings. The van der Waals surface area contributed by atoms with Crippen molar-refractivity contribution >= 4 is 34.9 Å². The molecule has 3 aromatic heterocycles. The first-order valence-electron chi connectivity index (χ1n) is 21.1. The predicted molar refractivity (Wildman–Crippen MR) is 215 cm³/mol. The number of aromatic nitrogens is 4. The summed E-state index contributed by atoms with van der Waals surface area (Å²) in [6.07, 6.45) is 1.26. The SMILES string of the molecule is O=C1CC[C@H](c2c(F)cc(N3CCC(CN4CCN(C5CCC(n6cc(NC(=O)c7coc(-c8ccnc(NCC(F)(F)F)c8)n7)c(C(F)F)n6)CC5)CC4)CC3)cc2F)C(=O)N1. The zero-order chi connectivity index (χ0) is 44.4. The molecule has 21 heteroatoms. The second-order valence-corrected chi connectivity index (χ2v) is 16.7. The number of anilines is 3. The maximum atomic E-state index is 15.2. The molecule has 0 unspecified atom stereocenters. The van der Waals surface area contributed by atoms with E-state index in [4.69, 9.17) is 4.42 Å². The lowest BCUT2D eigenvalue weighted by atomic mass is 9.89. The molecule has 3 N–H and O–H groups in total. The van der Waals surface area contributed by atoms with Gasteiger partial charge in [-0.1, -0.05) is 0 Å². The normalized spacial score (nSPS) is 22.1. The number of alkyl halides is 5. The third-order valence-corrected chi connectivity index (χ3v) is 12.5. The molecule has 3 amide bonds. The van der Waals surface area contributed by atoms with E-state index in [9.17, 15) is 36.3 Å². The molecule has 63 heavy (non-hydrogen) atoms. The molecular formula is C42H47F7N10O4. The van der Waals surface area contributed by atoms with E-state index >= 15 is 8.78 Å². The predicted octanol–water partition coefficient (Wildman–Crippen LogP) is 6.91. The van der Waals surface area contributed by atoms with Crippen LogP contribution in [0.15, 0.2) is 47.3 Å². The van der Waals surface area contributed by atoms with E-state index in [1.54, 1.807) is 0 Å². The highest BCUT2D eigenvalue weighted by Gasteiger charge is 2.35. The van der Waals surface area contributed by atoms with Gasteiger partial charge in [0.2, 0.25) is 17.7 Å². The Hall–Kier alpha value is -5.57. The van der Waals surface area contributed by atoms with E-state index in [-0.39, 0.29) is 53.1 Å². The molecule has 0 spiro atoms. The molecule has 338 valence electrons. The zero-order valence-corrected chi connectivity index (χ0v) is 34.2. The first-order chi connectivity index (χ1) is 30.2. The maximum Gasteiger partial charge on any atom is 0.405 e. The van der Waals surface area contributed by atoms with Gasteiger partial charge in [-0.15, -0.1) is 0 Å². The Kier molecular flexibility index (Phi) is 13.0. The van der Waals surface area contributed by atoms with Gasteiger partial charge in [-0.05, 0) is 75.1 Å². The van der Waals surface area contributed by atoms with Crippen molar-refractivity contribution in [2.45, 2.75) is 82.0 Å². The van der Waals surface area contributed by atoms with Gasteiger partial charge in [0, 0.05) is 87.5 Å². The van der Waals surface area contributed by atoms with E-state index in [0.717, 1.165) is 64.7 Å². The lowest BCUT2D eigenvalue weighted by molar-refractivity contribution is -0.134. The Morgan fingerprint density at radius 3 is 2.29 bits per heavy atom. The summed E-state index contributed by atoms with van der Waals surface area (Å²) in [6, 6.07) is 5.49. The summed E-state index contributed by atoms with van der Waals surface area (Å²) < 4.78 is 103. The maximum absolute atomic E-state index is 15.2. The number of halogens is 7. The molecule has 1 aromatic carbocycles. The van der Waals surface area contributed by atoms with Gasteiger partial charge in [-0.2, -0.15) is 18.3 Å². The van der Waals surface area contributed by atoms with Crippen LogP contribution in [-0.4, -0.2) is 112 Å². The summed E-state index contributed by atoms with van der Waals surface area (Å²) in [5, 5.41) is 11.0. The first kappa shape index (κ1) is 44.1. The number of nitrogens with one attached hydrogen (secondary N) is 3. The average Bonchev–Trinajstić information content (AvgIpc) is 3.93. The Morgan fingerprint density at radius 1 is 0.921 bits per heavy atom. The molecule has 0 bridgehead atoms. The van der Waals surface area contributed by atoms with Crippen molar-refractivity contribution in [2.24, 2.45) is 5.92 Å². The Bertz CT molecular complexity index is 2260. The van der Waals surface area contributed by atoms with Crippen LogP contribution < -0.4 is 20.9 Å². The number of piperazine rings is 1. The second kappa shape index (κ2) is 18.6. The number of rotatable bonds is 12. The Morgan fingerprint density at radius 2 is 1.62 bits per heavy atom. The first-order valence-corrected chi connectivity index (χ1v) is 21.1. The molecule has 3 saturated heterocycles. The zero-order valence-electron chi connectivity index (χ0n) is 34.2. The number of carbonyl (C=O) groups is 3. The van der Waals surface area contributed by atoms with Gasteiger partial charge in [0.1, 0.15) is 30.3 Å². The highest BCUT2D eigenvalue weighted by Crippen LogP contribution is 2.36. The molecule has 3 aliphatic heterocycles. The van der Waals surface area contributed by atoms with Gasteiger partial charge in [0.15, 0.2) is 11.4 Å². The molecule has 8 rings (SSSR count). The summed E-state index contributed by atoms with van der Waals surface area (Å²) in [5.74, 6) is -4.26. The van der Waals surface area contributed by atoms with E-state index in [0.29, 0.717) is 43.6 Å². The molecule has 6 heterocycles. The van der Waals surface area contributed by atoms with Crippen molar-refractivity contribution in [1.29, 1.82) is 0 Å². The van der Waals surface area contributed by atoms with Crippen LogP contribution in [0.5, 0.6) is 0 Å². The fourth-order valence-electron chi connectivity index (χ4n) is 9.19. The molecular weight excluding hydrogens is 842 g/mol. The van der Waals surface area contributed by atoms with Crippen LogP contribution in [0.4, 0.5) is 47.9 Å². The van der Waals surface area contributed by atoms with E-state index < -0.39 is 60.1 Å². The molecule has 1 atom stereocenters. The van der Waals surface area contributed by atoms with Crippen LogP contribution in [-0.2, 0) is 9.59 Å². The lowest BCUT2D eigenvalue weighted by Gasteiger charge is -2.43. The highest BCUT2D eigenvalue weighted by atomic mass is 19.4. The monoisotopic (exact) mass is 888 g/mol. The van der Waals surface area contributed by atoms with Gasteiger partial charge in [-0.25, -0.2) is 27.5 Å². The second-order valence-electron chi connectivity index (χ2n) is 16.7. The van der Waals surface area contributed by atoms with Crippen molar-refractivity contribution in [3.05, 3.63) is 71.5 Å². The molecule has 1 aliphatic carbocycles. The van der Waals surface area contributed by atoms with Crippen molar-refractivity contribution in [2.75, 3.05) is 67.9 Å². The molecule has 14 nitrogen and oxygen atoms in total. The lowest BCUT2D eigenvalue weighted by Crippen LogP contribution is -2.52. The number of nitrogens with zero attached hydrogens (tertiary/aromatic N) is 7. The number of amides is 3. The van der Waals surface area contributed by atoms with Gasteiger partial charge in [0.25, 0.3) is 12.3 Å². The third kappa shape index (κ3) is 10.5. The fourth-order valence-corrected chi connectivity index (χ4v) is 9.19. The summed E-state index contributed by atoms with van der Waals surface area (Å²) in [6.45, 7) is 4.57. The summed E-state index contributed by atoms with van der Waals surface area (Å²) in [7, 11) is 0. The van der Waals surface area contributed by atoms with Gasteiger partial charge < -0.3 is 24.9 Å². The number of piperidine rings is 2. The van der Waals surface area contributed by atoms with Crippen LogP contribution in [0, 0.1) is 17.6 Å². The standard InChI is InChI=1S/C42H47F7N10O4/c43-30-18-28(19-31(44)36(30)29-5-6-35(60)54-39(29)61)57-11-8-24(9-12-57)20-56-13-15-58(16-14-56)26-1-3-27(4-2-26)59-21-32(37(55-59)38(45)46)52-40(62)33-22-63-41(53-33)25-7-10-50-34(17-25)51-23-42(47,48)49/h7,10,17-19,21-22,24,26-27,29,38H,1-6,8-9,11-16,20,23H2,(H,50,51)(H,52,62)(H,54,60,61)/t26?,27?,29-/m1/s1. The summed E-state index contributed by atoms with van der Waals surface area (Å²) in [4.78, 5) is 51.7. The van der Waals surface area contributed by atoms with Crippen LogP contribution in [0.25, 0.3) is 11.5 Å². The van der Waals surface area contributed by atoms with Gasteiger partial charge >= 0.3 is 6.18 Å². The third-order valence-electron chi connectivity index (χ3n) is 12.5. The number of imide groups is 1. The molecule has 1 saturated carbocycles. The highest BCUT2D eigenvalue weighted by molar-refractivity contribution is 6.03. The smallest absolute Gasteiger partial charge is 0.405 e. The van der Waals surface area contributed by atoms with Crippen LogP contribution in [0.3, 0.4) is 0 Å². The Balaban J connectivity index is 0.782. The number of benzene rings is 1. The quantitative estimate of drug-likeness (QED) is 0.101. The topological polar surface area (TPSA) is 154 Å². The van der Waals surface area contributed by atoms with E-state index in [2.05, 4.69) is 40.8 Å². The van der Waals surface area contributed by atoms with Crippen molar-refractivity contribution in [1.82, 2.24) is 34.9 Å². The minimum Gasteiger partial charge on any atom is -0.444 e. The van der Waals surface area contributed by atoms with Crippen LogP contribution in [0.1, 0.15) is 91.5 Å². The summed E-state index contributed by atoms with van der Waals surface area (Å²) in [5.41, 5.74) is -0.560. The molecule has 4 aliphatic rings. The van der Waals surface area contributed by atoms with E-state index in [1.807, 2.05) is 4.90 Å². The van der Waals surface area contributed by atoms with Crippen molar-refractivity contribution in [3.8, 4) is 11.5 Å². The van der Waals surface area contributed by atoms with Gasteiger partial charge in [-0.3, -0.25) is 29.3 Å². The fraction of sp³-hybridized carbons (Fsp3) is 0.524. The molecule has 0 radical (unpaired) electrons. The average molecular weight is 889 g/mol. The minimum atomic E-state index is -4.46. The van der Waals surface area contributed by atoms with Crippen LogP contribution in [0.2, 0.25) is 0 Å². The minimum absolute atomic E-state index is 0.0354. The van der Waals surface area contributed by atoms with Crippen molar-refractivity contribution < 1.29 is 49.5 Å². The largest absolute Gasteiger partial charge is 0.444 e. The number of oxazole rings is 1. The number of carbonyl (C=O) groups excluding carboxylic acids is 3. The van der Waals surface area contributed by atoms with Crippen LogP contribution >= 0.6 is 0 Å². The molecule has 4 fully saturated rings. The van der Waals surface area contributed by atoms with Gasteiger partial charge in [0.05, 0.1) is 17.6 Å². The summed E-state index contributed by atoms with van der Waals surface area (Å²) >= 11 is 0. The van der Waals surface area contributed by atoms with Crippen molar-refractivity contribution in [3.63, 3.8) is 0 Å². The number of hydrogen-bond donors (Lipinski definition) is 3. The number of pyridine rings is 1. The Labute approximate surface area is 357 Å².